The van der Waals surface area contributed by atoms with E-state index in [1.807, 2.05) is 0 Å². The molecule has 0 radical (unpaired) electrons. The highest BCUT2D eigenvalue weighted by molar-refractivity contribution is 5.31. The van der Waals surface area contributed by atoms with Crippen LogP contribution in [0.3, 0.4) is 0 Å². The molecule has 2 N–H and O–H groups in total. The number of nitrogens with zero attached hydrogens (tertiary/aromatic N) is 1. The number of rotatable bonds is 4. The molecular formula is C11H13F3N2O. The van der Waals surface area contributed by atoms with Crippen LogP contribution in [0.5, 0.6) is 0 Å². The third kappa shape index (κ3) is 3.01. The average molecular weight is 246 g/mol. The first kappa shape index (κ1) is 13.6. The second kappa shape index (κ2) is 5.23. The Kier molecular flexibility index (Phi) is 4.18. The van der Waals surface area contributed by atoms with Crippen LogP contribution in [0.4, 0.5) is 13.2 Å². The fourth-order valence-electron chi connectivity index (χ4n) is 1.44. The van der Waals surface area contributed by atoms with Gasteiger partial charge in [0.1, 0.15) is 0 Å². The maximum absolute atomic E-state index is 12.7. The van der Waals surface area contributed by atoms with E-state index < -0.39 is 11.6 Å². The standard InChI is InChI=1S/C11H13F3N2O/c12-11(13,14)10(8-15)4-2-9(3-5-10)16-6-1-7-17/h2-4,16-17H,1,5-7H2. The van der Waals surface area contributed by atoms with Gasteiger partial charge < -0.3 is 10.4 Å². The van der Waals surface area contributed by atoms with E-state index in [0.29, 0.717) is 18.7 Å². The minimum atomic E-state index is -4.56. The van der Waals surface area contributed by atoms with Crippen molar-refractivity contribution < 1.29 is 18.3 Å². The molecule has 17 heavy (non-hydrogen) atoms. The predicted molar refractivity (Wildman–Crippen MR) is 55.6 cm³/mol. The lowest BCUT2D eigenvalue weighted by Crippen LogP contribution is -2.36. The van der Waals surface area contributed by atoms with Crippen molar-refractivity contribution in [2.75, 3.05) is 13.2 Å². The molecule has 1 atom stereocenters. The summed E-state index contributed by atoms with van der Waals surface area (Å²) in [4.78, 5) is 0. The Bertz CT molecular complexity index is 368. The van der Waals surface area contributed by atoms with Crippen molar-refractivity contribution in [1.29, 1.82) is 5.26 Å². The zero-order valence-corrected chi connectivity index (χ0v) is 9.09. The van der Waals surface area contributed by atoms with E-state index in [0.717, 1.165) is 6.08 Å². The Morgan fingerprint density at radius 2 is 2.24 bits per heavy atom. The van der Waals surface area contributed by atoms with Crippen LogP contribution in [-0.4, -0.2) is 24.4 Å². The number of hydrogen-bond acceptors (Lipinski definition) is 3. The second-order valence-electron chi connectivity index (χ2n) is 3.78. The molecule has 0 spiro atoms. The number of aliphatic hydroxyl groups is 1. The van der Waals surface area contributed by atoms with E-state index in [1.165, 1.54) is 18.2 Å². The molecule has 3 nitrogen and oxygen atoms in total. The number of aliphatic hydroxyl groups excluding tert-OH is 1. The van der Waals surface area contributed by atoms with Gasteiger partial charge in [-0.1, -0.05) is 12.2 Å². The molecule has 0 fully saturated rings. The van der Waals surface area contributed by atoms with Gasteiger partial charge in [0, 0.05) is 18.8 Å². The monoisotopic (exact) mass is 246 g/mol. The van der Waals surface area contributed by atoms with E-state index in [4.69, 9.17) is 10.4 Å². The van der Waals surface area contributed by atoms with Gasteiger partial charge >= 0.3 is 6.18 Å². The summed E-state index contributed by atoms with van der Waals surface area (Å²) in [5.74, 6) is 0. The van der Waals surface area contributed by atoms with Crippen LogP contribution < -0.4 is 5.32 Å². The van der Waals surface area contributed by atoms with Crippen LogP contribution >= 0.6 is 0 Å². The maximum atomic E-state index is 12.7. The second-order valence-corrected chi connectivity index (χ2v) is 3.78. The lowest BCUT2D eigenvalue weighted by Gasteiger charge is -2.27. The number of nitrogens with one attached hydrogen (secondary N) is 1. The summed E-state index contributed by atoms with van der Waals surface area (Å²) < 4.78 is 38.0. The zero-order valence-electron chi connectivity index (χ0n) is 9.09. The van der Waals surface area contributed by atoms with Gasteiger partial charge in [0.05, 0.1) is 6.07 Å². The molecule has 0 aromatic carbocycles. The Morgan fingerprint density at radius 1 is 1.53 bits per heavy atom. The van der Waals surface area contributed by atoms with Crippen LogP contribution in [-0.2, 0) is 0 Å². The van der Waals surface area contributed by atoms with Crippen LogP contribution in [0, 0.1) is 16.7 Å². The highest BCUT2D eigenvalue weighted by Gasteiger charge is 2.53. The van der Waals surface area contributed by atoms with Gasteiger partial charge in [-0.05, 0) is 18.9 Å². The lowest BCUT2D eigenvalue weighted by atomic mass is 9.82. The summed E-state index contributed by atoms with van der Waals surface area (Å²) in [6.45, 7) is 0.507. The minimum absolute atomic E-state index is 0.0225. The Hall–Kier alpha value is -1.48. The quantitative estimate of drug-likeness (QED) is 0.744. The molecule has 94 valence electrons. The maximum Gasteiger partial charge on any atom is 0.410 e. The highest BCUT2D eigenvalue weighted by Crippen LogP contribution is 2.44. The first-order valence-electron chi connectivity index (χ1n) is 5.17. The molecule has 0 aromatic heterocycles. The fourth-order valence-corrected chi connectivity index (χ4v) is 1.44. The van der Waals surface area contributed by atoms with Gasteiger partial charge in [-0.3, -0.25) is 0 Å². The predicted octanol–water partition coefficient (Wildman–Crippen LogP) is 1.87. The van der Waals surface area contributed by atoms with Crippen LogP contribution in [0.15, 0.2) is 23.9 Å². The molecule has 0 saturated carbocycles. The zero-order chi connectivity index (χ0) is 12.9. The topological polar surface area (TPSA) is 56.0 Å². The number of allylic oxidation sites excluding steroid dienone is 3. The summed E-state index contributed by atoms with van der Waals surface area (Å²) in [6, 6.07) is 1.32. The van der Waals surface area contributed by atoms with Gasteiger partial charge in [0.15, 0.2) is 5.41 Å². The fraction of sp³-hybridized carbons (Fsp3) is 0.545. The first-order chi connectivity index (χ1) is 7.95. The smallest absolute Gasteiger partial charge is 0.396 e. The molecular weight excluding hydrogens is 233 g/mol. The van der Waals surface area contributed by atoms with Crippen molar-refractivity contribution in [1.82, 2.24) is 5.32 Å². The van der Waals surface area contributed by atoms with Crippen molar-refractivity contribution >= 4 is 0 Å². The third-order valence-electron chi connectivity index (χ3n) is 2.56. The minimum Gasteiger partial charge on any atom is -0.396 e. The van der Waals surface area contributed by atoms with Gasteiger partial charge in [-0.25, -0.2) is 0 Å². The van der Waals surface area contributed by atoms with Crippen molar-refractivity contribution in [3.8, 4) is 6.07 Å². The van der Waals surface area contributed by atoms with E-state index >= 15 is 0 Å². The SMILES string of the molecule is N#CC1(C(F)(F)F)C=CC(NCCCO)=CC1. The van der Waals surface area contributed by atoms with E-state index in [-0.39, 0.29) is 13.0 Å². The van der Waals surface area contributed by atoms with Crippen LogP contribution in [0.2, 0.25) is 0 Å². The summed E-state index contributed by atoms with van der Waals surface area (Å²) in [5, 5.41) is 20.1. The molecule has 1 rings (SSSR count). The van der Waals surface area contributed by atoms with Gasteiger partial charge in [0.2, 0.25) is 0 Å². The van der Waals surface area contributed by atoms with Gasteiger partial charge in [-0.2, -0.15) is 18.4 Å². The van der Waals surface area contributed by atoms with E-state index in [2.05, 4.69) is 5.32 Å². The average Bonchev–Trinajstić information content (AvgIpc) is 2.29. The van der Waals surface area contributed by atoms with Crippen molar-refractivity contribution in [2.45, 2.75) is 19.0 Å². The van der Waals surface area contributed by atoms with E-state index in [1.54, 1.807) is 0 Å². The van der Waals surface area contributed by atoms with Crippen molar-refractivity contribution in [3.05, 3.63) is 23.9 Å². The third-order valence-corrected chi connectivity index (χ3v) is 2.56. The van der Waals surface area contributed by atoms with Gasteiger partial charge in [-0.15, -0.1) is 0 Å². The lowest BCUT2D eigenvalue weighted by molar-refractivity contribution is -0.185. The number of hydrogen-bond donors (Lipinski definition) is 2. The molecule has 0 amide bonds. The van der Waals surface area contributed by atoms with Crippen molar-refractivity contribution in [3.63, 3.8) is 0 Å². The molecule has 1 aliphatic rings. The Labute approximate surface area is 97.2 Å². The molecule has 0 saturated heterocycles. The normalized spacial score (nSPS) is 24.1. The van der Waals surface area contributed by atoms with Crippen LogP contribution in [0.25, 0.3) is 0 Å². The molecule has 6 heteroatoms. The highest BCUT2D eigenvalue weighted by atomic mass is 19.4. The summed E-state index contributed by atoms with van der Waals surface area (Å²) in [5.41, 5.74) is -1.86. The largest absolute Gasteiger partial charge is 0.410 e. The van der Waals surface area contributed by atoms with Gasteiger partial charge in [0.25, 0.3) is 0 Å². The summed E-state index contributed by atoms with van der Waals surface area (Å²) in [7, 11) is 0. The molecule has 0 aliphatic heterocycles. The molecule has 1 unspecified atom stereocenters. The summed E-state index contributed by atoms with van der Waals surface area (Å²) >= 11 is 0. The number of alkyl halides is 3. The van der Waals surface area contributed by atoms with E-state index in [9.17, 15) is 13.2 Å². The first-order valence-corrected chi connectivity index (χ1v) is 5.17. The summed E-state index contributed by atoms with van der Waals surface area (Å²) in [6.07, 6.45) is -0.926. The molecule has 0 aromatic rings. The molecule has 1 aliphatic carbocycles. The number of halogens is 3. The van der Waals surface area contributed by atoms with Crippen molar-refractivity contribution in [2.24, 2.45) is 5.41 Å². The molecule has 0 bridgehead atoms. The Balaban J connectivity index is 2.66. The number of nitriles is 1. The molecule has 0 heterocycles. The Morgan fingerprint density at radius 3 is 2.65 bits per heavy atom. The van der Waals surface area contributed by atoms with Crippen LogP contribution in [0.1, 0.15) is 12.8 Å².